The summed E-state index contributed by atoms with van der Waals surface area (Å²) in [5, 5.41) is 9.58. The summed E-state index contributed by atoms with van der Waals surface area (Å²) in [6.07, 6.45) is 41.7. The first-order chi connectivity index (χ1) is 24.3. The molecule has 0 rings (SSSR count). The molecule has 0 aliphatic rings. The van der Waals surface area contributed by atoms with Gasteiger partial charge in [-0.1, -0.05) is 220 Å². The highest BCUT2D eigenvalue weighted by molar-refractivity contribution is 5.70. The molecule has 0 spiro atoms. The van der Waals surface area contributed by atoms with Gasteiger partial charge < -0.3 is 14.6 Å². The van der Waals surface area contributed by atoms with Gasteiger partial charge in [-0.15, -0.1) is 0 Å². The summed E-state index contributed by atoms with van der Waals surface area (Å²) in [4.78, 5) is 24.3. The molecule has 0 unspecified atom stereocenters. The molecule has 298 valence electrons. The number of unbranched alkanes of at least 4 members (excludes halogenated alkanes) is 28. The average molecular weight is 709 g/mol. The Morgan fingerprint density at radius 2 is 0.660 bits per heavy atom. The van der Waals surface area contributed by atoms with Gasteiger partial charge in [-0.2, -0.15) is 0 Å². The third kappa shape index (κ3) is 39.7. The Balaban J connectivity index is 3.47. The van der Waals surface area contributed by atoms with E-state index in [0.29, 0.717) is 12.8 Å². The minimum absolute atomic E-state index is 0.0577. The Morgan fingerprint density at radius 3 is 0.940 bits per heavy atom. The molecule has 1 atom stereocenters. The van der Waals surface area contributed by atoms with E-state index in [1.807, 2.05) is 0 Å². The molecule has 0 saturated carbocycles. The Hall–Kier alpha value is -1.10. The van der Waals surface area contributed by atoms with Crippen LogP contribution in [0.5, 0.6) is 0 Å². The van der Waals surface area contributed by atoms with Crippen LogP contribution in [0.25, 0.3) is 0 Å². The smallest absolute Gasteiger partial charge is 0.306 e. The molecule has 0 radical (unpaired) electrons. The van der Waals surface area contributed by atoms with Gasteiger partial charge in [0.15, 0.2) is 6.10 Å². The predicted octanol–water partition coefficient (Wildman–Crippen LogP) is 14.0. The number of carbonyl (C=O) groups excluding carboxylic acids is 2. The lowest BCUT2D eigenvalue weighted by atomic mass is 10.0. The lowest BCUT2D eigenvalue weighted by molar-refractivity contribution is -0.161. The van der Waals surface area contributed by atoms with Crippen LogP contribution in [-0.4, -0.2) is 36.4 Å². The van der Waals surface area contributed by atoms with Crippen LogP contribution in [0.2, 0.25) is 0 Å². The van der Waals surface area contributed by atoms with Gasteiger partial charge in [0.05, 0.1) is 6.61 Å². The third-order valence-corrected chi connectivity index (χ3v) is 10.3. The maximum absolute atomic E-state index is 12.2. The zero-order chi connectivity index (χ0) is 36.8. The highest BCUT2D eigenvalue weighted by Gasteiger charge is 2.16. The van der Waals surface area contributed by atoms with Gasteiger partial charge in [0.2, 0.25) is 0 Å². The highest BCUT2D eigenvalue weighted by atomic mass is 16.6. The van der Waals surface area contributed by atoms with Crippen molar-refractivity contribution in [2.75, 3.05) is 13.2 Å². The van der Waals surface area contributed by atoms with E-state index in [1.54, 1.807) is 0 Å². The third-order valence-electron chi connectivity index (χ3n) is 10.3. The lowest BCUT2D eigenvalue weighted by Gasteiger charge is -2.15. The molecule has 0 aliphatic heterocycles. The lowest BCUT2D eigenvalue weighted by Crippen LogP contribution is -2.28. The molecular formula is C45H88O5. The molecule has 1 N–H and O–H groups in total. The topological polar surface area (TPSA) is 72.8 Å². The maximum Gasteiger partial charge on any atom is 0.306 e. The first kappa shape index (κ1) is 48.9. The van der Waals surface area contributed by atoms with Gasteiger partial charge in [0.1, 0.15) is 6.61 Å². The van der Waals surface area contributed by atoms with Gasteiger partial charge in [-0.05, 0) is 24.7 Å². The molecule has 0 aromatic heterocycles. The summed E-state index contributed by atoms with van der Waals surface area (Å²) in [6.45, 7) is 8.90. The molecule has 5 heteroatoms. The Bertz CT molecular complexity index is 706. The number of rotatable bonds is 40. The fourth-order valence-electron chi connectivity index (χ4n) is 6.87. The number of hydrogen-bond acceptors (Lipinski definition) is 5. The number of aliphatic hydroxyl groups excluding tert-OH is 1. The normalized spacial score (nSPS) is 12.2. The van der Waals surface area contributed by atoms with Crippen LogP contribution in [0.15, 0.2) is 0 Å². The van der Waals surface area contributed by atoms with E-state index >= 15 is 0 Å². The Kier molecular flexibility index (Phi) is 38.3. The van der Waals surface area contributed by atoms with Gasteiger partial charge in [0, 0.05) is 12.8 Å². The molecule has 50 heavy (non-hydrogen) atoms. The summed E-state index contributed by atoms with van der Waals surface area (Å²) >= 11 is 0. The van der Waals surface area contributed by atoms with Crippen molar-refractivity contribution in [1.82, 2.24) is 0 Å². The minimum Gasteiger partial charge on any atom is -0.462 e. The second kappa shape index (κ2) is 39.1. The van der Waals surface area contributed by atoms with Crippen LogP contribution in [0.3, 0.4) is 0 Å². The fraction of sp³-hybridized carbons (Fsp3) is 0.956. The maximum atomic E-state index is 12.2. The molecule has 0 bridgehead atoms. The van der Waals surface area contributed by atoms with Crippen molar-refractivity contribution >= 4 is 11.9 Å². The molecule has 0 heterocycles. The van der Waals surface area contributed by atoms with Crippen molar-refractivity contribution in [2.45, 2.75) is 252 Å². The standard InChI is InChI=1S/C45H88O5/c1-41(2)35-31-27-23-19-15-11-7-5-6-8-13-17-21-25-29-33-37-44(47)49-40-43(39-46)50-45(48)38-34-30-26-22-18-14-10-9-12-16-20-24-28-32-36-42(3)4/h41-43,46H,5-40H2,1-4H3/t43-/m0/s1. The number of esters is 2. The van der Waals surface area contributed by atoms with Crippen molar-refractivity contribution in [1.29, 1.82) is 0 Å². The average Bonchev–Trinajstić information content (AvgIpc) is 3.09. The van der Waals surface area contributed by atoms with E-state index in [-0.39, 0.29) is 25.2 Å². The van der Waals surface area contributed by atoms with Gasteiger partial charge in [-0.3, -0.25) is 9.59 Å². The summed E-state index contributed by atoms with van der Waals surface area (Å²) in [5.41, 5.74) is 0. The highest BCUT2D eigenvalue weighted by Crippen LogP contribution is 2.17. The number of ether oxygens (including phenoxy) is 2. The Labute approximate surface area is 312 Å². The second-order valence-corrected chi connectivity index (χ2v) is 16.4. The summed E-state index contributed by atoms with van der Waals surface area (Å²) in [7, 11) is 0. The van der Waals surface area contributed by atoms with Crippen LogP contribution in [0.1, 0.15) is 246 Å². The Morgan fingerprint density at radius 1 is 0.400 bits per heavy atom. The van der Waals surface area contributed by atoms with Gasteiger partial charge >= 0.3 is 11.9 Å². The predicted molar refractivity (Wildman–Crippen MR) is 215 cm³/mol. The molecule has 5 nitrogen and oxygen atoms in total. The van der Waals surface area contributed by atoms with Crippen LogP contribution < -0.4 is 0 Å². The van der Waals surface area contributed by atoms with Crippen LogP contribution in [0.4, 0.5) is 0 Å². The summed E-state index contributed by atoms with van der Waals surface area (Å²) < 4.78 is 10.7. The van der Waals surface area contributed by atoms with E-state index in [4.69, 9.17) is 9.47 Å². The van der Waals surface area contributed by atoms with E-state index in [0.717, 1.165) is 43.9 Å². The fourth-order valence-corrected chi connectivity index (χ4v) is 6.87. The van der Waals surface area contributed by atoms with E-state index in [9.17, 15) is 14.7 Å². The van der Waals surface area contributed by atoms with Crippen LogP contribution in [0, 0.1) is 11.8 Å². The largest absolute Gasteiger partial charge is 0.462 e. The monoisotopic (exact) mass is 709 g/mol. The van der Waals surface area contributed by atoms with E-state index in [2.05, 4.69) is 27.7 Å². The number of hydrogen-bond donors (Lipinski definition) is 1. The van der Waals surface area contributed by atoms with Gasteiger partial charge in [-0.25, -0.2) is 0 Å². The first-order valence-corrected chi connectivity index (χ1v) is 22.3. The zero-order valence-electron chi connectivity index (χ0n) is 34.3. The molecule has 0 aliphatic carbocycles. The minimum atomic E-state index is -0.763. The van der Waals surface area contributed by atoms with E-state index in [1.165, 1.54) is 173 Å². The summed E-state index contributed by atoms with van der Waals surface area (Å²) in [5.74, 6) is 1.14. The number of carbonyl (C=O) groups is 2. The molecule has 0 amide bonds. The quantitative estimate of drug-likeness (QED) is 0.0507. The molecular weight excluding hydrogens is 620 g/mol. The van der Waals surface area contributed by atoms with Crippen molar-refractivity contribution in [3.8, 4) is 0 Å². The second-order valence-electron chi connectivity index (χ2n) is 16.4. The molecule has 0 aromatic carbocycles. The molecule has 0 saturated heterocycles. The number of aliphatic hydroxyl groups is 1. The zero-order valence-corrected chi connectivity index (χ0v) is 34.3. The van der Waals surface area contributed by atoms with Crippen LogP contribution >= 0.6 is 0 Å². The van der Waals surface area contributed by atoms with Gasteiger partial charge in [0.25, 0.3) is 0 Å². The van der Waals surface area contributed by atoms with Crippen molar-refractivity contribution in [3.63, 3.8) is 0 Å². The summed E-state index contributed by atoms with van der Waals surface area (Å²) in [6, 6.07) is 0. The molecule has 0 aromatic rings. The SMILES string of the molecule is CC(C)CCCCCCCCCCCCCCCCCCC(=O)OC[C@H](CO)OC(=O)CCCCCCCCCCCCCCCCC(C)C. The first-order valence-electron chi connectivity index (χ1n) is 22.3. The van der Waals surface area contributed by atoms with Crippen LogP contribution in [-0.2, 0) is 19.1 Å². The van der Waals surface area contributed by atoms with Crippen molar-refractivity contribution in [3.05, 3.63) is 0 Å². The van der Waals surface area contributed by atoms with E-state index < -0.39 is 6.10 Å². The van der Waals surface area contributed by atoms with Crippen molar-refractivity contribution < 1.29 is 24.2 Å². The van der Waals surface area contributed by atoms with Crippen molar-refractivity contribution in [2.24, 2.45) is 11.8 Å². The molecule has 0 fully saturated rings.